The maximum Gasteiger partial charge on any atom is 0.162 e. The molecule has 1 aromatic heterocycles. The zero-order valence-corrected chi connectivity index (χ0v) is 9.38. The van der Waals surface area contributed by atoms with Gasteiger partial charge in [-0.25, -0.2) is 0 Å². The predicted molar refractivity (Wildman–Crippen MR) is 62.1 cm³/mol. The van der Waals surface area contributed by atoms with E-state index in [-0.39, 0.29) is 12.4 Å². The Morgan fingerprint density at radius 2 is 1.73 bits per heavy atom. The number of hydrogen-bond acceptors (Lipinski definition) is 3. The molecule has 0 aliphatic heterocycles. The second-order valence-corrected chi connectivity index (χ2v) is 2.90. The molecule has 0 N–H and O–H groups in total. The summed E-state index contributed by atoms with van der Waals surface area (Å²) >= 11 is 0. The fourth-order valence-electron chi connectivity index (χ4n) is 1.40. The number of aromatic nitrogens is 1. The molecule has 0 saturated carbocycles. The summed E-state index contributed by atoms with van der Waals surface area (Å²) in [6.45, 7) is 0. The van der Waals surface area contributed by atoms with Crippen molar-refractivity contribution >= 4 is 23.3 Å². The van der Waals surface area contributed by atoms with Crippen LogP contribution in [0.3, 0.4) is 0 Å². The summed E-state index contributed by atoms with van der Waals surface area (Å²) < 4.78 is 10.4. The molecule has 2 aromatic rings. The Morgan fingerprint density at radius 1 is 1.07 bits per heavy atom. The van der Waals surface area contributed by atoms with Gasteiger partial charge in [-0.3, -0.25) is 4.98 Å². The first-order valence-electron chi connectivity index (χ1n) is 4.32. The molecule has 1 aromatic carbocycles. The highest BCUT2D eigenvalue weighted by Gasteiger charge is 2.05. The Labute approximate surface area is 94.4 Å². The molecule has 0 atom stereocenters. The van der Waals surface area contributed by atoms with E-state index >= 15 is 0 Å². The molecule has 0 amide bonds. The van der Waals surface area contributed by atoms with Crippen LogP contribution >= 0.6 is 12.4 Å². The summed E-state index contributed by atoms with van der Waals surface area (Å²) in [4.78, 5) is 4.23. The van der Waals surface area contributed by atoms with Crippen LogP contribution in [-0.2, 0) is 0 Å². The molecule has 0 fully saturated rings. The van der Waals surface area contributed by atoms with Crippen molar-refractivity contribution in [1.29, 1.82) is 0 Å². The van der Waals surface area contributed by atoms with Crippen LogP contribution in [0.1, 0.15) is 0 Å². The first-order chi connectivity index (χ1) is 6.85. The Kier molecular flexibility index (Phi) is 3.74. The van der Waals surface area contributed by atoms with Gasteiger partial charge < -0.3 is 9.47 Å². The summed E-state index contributed by atoms with van der Waals surface area (Å²) in [5, 5.41) is 1.05. The topological polar surface area (TPSA) is 31.4 Å². The monoisotopic (exact) mass is 225 g/mol. The lowest BCUT2D eigenvalue weighted by Crippen LogP contribution is -1.90. The van der Waals surface area contributed by atoms with Gasteiger partial charge in [-0.1, -0.05) is 6.07 Å². The number of ether oxygens (including phenoxy) is 2. The lowest BCUT2D eigenvalue weighted by molar-refractivity contribution is 0.356. The van der Waals surface area contributed by atoms with Crippen LogP contribution in [0.4, 0.5) is 0 Å². The highest BCUT2D eigenvalue weighted by atomic mass is 35.5. The lowest BCUT2D eigenvalue weighted by Gasteiger charge is -2.08. The Hall–Kier alpha value is -1.48. The molecule has 0 aliphatic carbocycles. The van der Waals surface area contributed by atoms with Crippen LogP contribution < -0.4 is 9.47 Å². The molecule has 15 heavy (non-hydrogen) atoms. The number of halogens is 1. The van der Waals surface area contributed by atoms with E-state index in [1.165, 1.54) is 0 Å². The zero-order chi connectivity index (χ0) is 9.97. The Balaban J connectivity index is 0.00000112. The van der Waals surface area contributed by atoms with Crippen molar-refractivity contribution < 1.29 is 9.47 Å². The van der Waals surface area contributed by atoms with Crippen molar-refractivity contribution in [2.24, 2.45) is 0 Å². The molecule has 2 rings (SSSR count). The second-order valence-electron chi connectivity index (χ2n) is 2.90. The van der Waals surface area contributed by atoms with Crippen LogP contribution in [0.25, 0.3) is 10.9 Å². The number of rotatable bonds is 2. The maximum atomic E-state index is 5.19. The van der Waals surface area contributed by atoms with Crippen molar-refractivity contribution in [1.82, 2.24) is 4.98 Å². The van der Waals surface area contributed by atoms with E-state index in [0.29, 0.717) is 5.75 Å². The standard InChI is InChI=1S/C11H11NO2.ClH/c1-13-10-6-8-4-3-5-12-9(8)7-11(10)14-2;/h3-7H,1-2H3;1H. The first kappa shape index (κ1) is 11.6. The number of methoxy groups -OCH3 is 2. The van der Waals surface area contributed by atoms with Gasteiger partial charge in [0.2, 0.25) is 0 Å². The van der Waals surface area contributed by atoms with E-state index < -0.39 is 0 Å². The smallest absolute Gasteiger partial charge is 0.162 e. The average molecular weight is 226 g/mol. The number of benzene rings is 1. The summed E-state index contributed by atoms with van der Waals surface area (Å²) in [7, 11) is 3.24. The average Bonchev–Trinajstić information content (AvgIpc) is 2.27. The second kappa shape index (κ2) is 4.84. The van der Waals surface area contributed by atoms with E-state index in [2.05, 4.69) is 4.98 Å². The van der Waals surface area contributed by atoms with E-state index in [1.807, 2.05) is 24.3 Å². The van der Waals surface area contributed by atoms with Gasteiger partial charge in [-0.2, -0.15) is 0 Å². The third kappa shape index (κ3) is 2.13. The number of hydrogen-bond donors (Lipinski definition) is 0. The third-order valence-corrected chi connectivity index (χ3v) is 2.11. The molecule has 0 bridgehead atoms. The van der Waals surface area contributed by atoms with Crippen molar-refractivity contribution in [3.8, 4) is 11.5 Å². The fraction of sp³-hybridized carbons (Fsp3) is 0.182. The summed E-state index contributed by atoms with van der Waals surface area (Å²) in [5.74, 6) is 1.44. The number of pyridine rings is 1. The molecular formula is C11H12ClNO2. The molecule has 3 nitrogen and oxygen atoms in total. The van der Waals surface area contributed by atoms with Crippen LogP contribution in [0, 0.1) is 0 Å². The third-order valence-electron chi connectivity index (χ3n) is 2.11. The SMILES string of the molecule is COc1cc2cccnc2cc1OC.Cl. The molecule has 4 heteroatoms. The quantitative estimate of drug-likeness (QED) is 0.788. The van der Waals surface area contributed by atoms with Crippen molar-refractivity contribution in [3.05, 3.63) is 30.5 Å². The maximum absolute atomic E-state index is 5.19. The van der Waals surface area contributed by atoms with Crippen LogP contribution in [0.5, 0.6) is 11.5 Å². The van der Waals surface area contributed by atoms with Gasteiger partial charge >= 0.3 is 0 Å². The highest BCUT2D eigenvalue weighted by molar-refractivity contribution is 5.85. The minimum atomic E-state index is 0. The molecule has 1 heterocycles. The van der Waals surface area contributed by atoms with E-state index in [1.54, 1.807) is 20.4 Å². The predicted octanol–water partition coefficient (Wildman–Crippen LogP) is 2.67. The molecule has 0 saturated heterocycles. The number of nitrogens with zero attached hydrogens (tertiary/aromatic N) is 1. The molecule has 0 spiro atoms. The van der Waals surface area contributed by atoms with Crippen molar-refractivity contribution in [2.45, 2.75) is 0 Å². The lowest BCUT2D eigenvalue weighted by atomic mass is 10.2. The van der Waals surface area contributed by atoms with Crippen LogP contribution in [0.2, 0.25) is 0 Å². The Morgan fingerprint density at radius 3 is 2.40 bits per heavy atom. The summed E-state index contributed by atoms with van der Waals surface area (Å²) in [5.41, 5.74) is 0.908. The minimum Gasteiger partial charge on any atom is -0.493 e. The van der Waals surface area contributed by atoms with E-state index in [0.717, 1.165) is 16.7 Å². The highest BCUT2D eigenvalue weighted by Crippen LogP contribution is 2.30. The van der Waals surface area contributed by atoms with Crippen LogP contribution in [-0.4, -0.2) is 19.2 Å². The summed E-state index contributed by atoms with van der Waals surface area (Å²) in [6.07, 6.45) is 1.76. The van der Waals surface area contributed by atoms with Gasteiger partial charge in [0.25, 0.3) is 0 Å². The van der Waals surface area contributed by atoms with Crippen LogP contribution in [0.15, 0.2) is 30.5 Å². The first-order valence-corrected chi connectivity index (χ1v) is 4.32. The molecular weight excluding hydrogens is 214 g/mol. The van der Waals surface area contributed by atoms with Gasteiger partial charge in [0.1, 0.15) is 0 Å². The van der Waals surface area contributed by atoms with Gasteiger partial charge in [-0.15, -0.1) is 12.4 Å². The Bertz CT molecular complexity index is 417. The van der Waals surface area contributed by atoms with Gasteiger partial charge in [0.15, 0.2) is 11.5 Å². The molecule has 0 aliphatic rings. The normalized spacial score (nSPS) is 9.47. The number of fused-ring (bicyclic) bond motifs is 1. The van der Waals surface area contributed by atoms with E-state index in [9.17, 15) is 0 Å². The van der Waals surface area contributed by atoms with Gasteiger partial charge in [0, 0.05) is 17.6 Å². The van der Waals surface area contributed by atoms with Gasteiger partial charge in [0.05, 0.1) is 19.7 Å². The molecule has 0 unspecified atom stereocenters. The van der Waals surface area contributed by atoms with Crippen molar-refractivity contribution in [2.75, 3.05) is 14.2 Å². The van der Waals surface area contributed by atoms with E-state index in [4.69, 9.17) is 9.47 Å². The summed E-state index contributed by atoms with van der Waals surface area (Å²) in [6, 6.07) is 7.67. The molecule has 80 valence electrons. The zero-order valence-electron chi connectivity index (χ0n) is 8.56. The minimum absolute atomic E-state index is 0. The largest absolute Gasteiger partial charge is 0.493 e. The van der Waals surface area contributed by atoms with Crippen molar-refractivity contribution in [3.63, 3.8) is 0 Å². The van der Waals surface area contributed by atoms with Gasteiger partial charge in [-0.05, 0) is 12.1 Å². The fourth-order valence-corrected chi connectivity index (χ4v) is 1.40. The molecule has 0 radical (unpaired) electrons.